The number of rotatable bonds is 11. The van der Waals surface area contributed by atoms with Gasteiger partial charge in [0.15, 0.2) is 0 Å². The zero-order valence-electron chi connectivity index (χ0n) is 17.4. The Kier molecular flexibility index (Phi) is 10.9. The molecule has 0 saturated heterocycles. The minimum Gasteiger partial charge on any atom is -0.476 e. The lowest BCUT2D eigenvalue weighted by molar-refractivity contribution is -0.461. The molecule has 0 bridgehead atoms. The molecule has 1 N–H and O–H groups in total. The van der Waals surface area contributed by atoms with E-state index in [1.165, 1.54) is 0 Å². The van der Waals surface area contributed by atoms with Crippen LogP contribution < -0.4 is 0 Å². The van der Waals surface area contributed by atoms with Crippen LogP contribution in [0.3, 0.4) is 0 Å². The maximum absolute atomic E-state index is 13.4. The maximum Gasteiger partial charge on any atom is 0.460 e. The number of hydrogen-bond donors (Lipinski definition) is 1. The summed E-state index contributed by atoms with van der Waals surface area (Å²) in [4.78, 5) is 19.8. The van der Waals surface area contributed by atoms with E-state index >= 15 is 0 Å². The van der Waals surface area contributed by atoms with Crippen LogP contribution in [0.25, 0.3) is 0 Å². The first-order valence-electron chi connectivity index (χ1n) is 8.43. The number of hydrogen-bond acceptors (Lipinski definition) is 3. The monoisotopic (exact) mass is 608 g/mol. The average molecular weight is 608 g/mol. The molecule has 0 aromatic carbocycles. The molecule has 0 amide bonds. The molecule has 0 aliphatic heterocycles. The lowest BCUT2D eigenvalue weighted by Crippen LogP contribution is -2.74. The van der Waals surface area contributed by atoms with Crippen LogP contribution >= 0.6 is 0 Å². The Morgan fingerprint density at radius 1 is 0.658 bits per heavy atom. The second-order valence-corrected chi connectivity index (χ2v) is 6.48. The molecule has 0 atom stereocenters. The molecule has 0 spiro atoms. The lowest BCUT2D eigenvalue weighted by atomic mass is 9.88. The van der Waals surface area contributed by atoms with E-state index in [1.807, 2.05) is 0 Å². The van der Waals surface area contributed by atoms with Gasteiger partial charge in [-0.25, -0.2) is 9.59 Å². The van der Waals surface area contributed by atoms with Crippen molar-refractivity contribution in [3.8, 4) is 0 Å². The molecule has 0 aliphatic carbocycles. The van der Waals surface area contributed by atoms with Gasteiger partial charge in [-0.1, -0.05) is 13.2 Å². The Labute approximate surface area is 197 Å². The third kappa shape index (κ3) is 6.41. The smallest absolute Gasteiger partial charge is 0.460 e. The van der Waals surface area contributed by atoms with E-state index in [2.05, 4.69) is 17.9 Å². The predicted octanol–water partition coefficient (Wildman–Crippen LogP) is 6.67. The van der Waals surface area contributed by atoms with Crippen molar-refractivity contribution in [2.24, 2.45) is 0 Å². The summed E-state index contributed by atoms with van der Waals surface area (Å²) in [5.41, 5.74) is 0. The maximum atomic E-state index is 13.4. The fourth-order valence-corrected chi connectivity index (χ4v) is 1.69. The fraction of sp³-hybridized carbons (Fsp3) is 0.625. The van der Waals surface area contributed by atoms with Crippen molar-refractivity contribution < 1.29 is 98.5 Å². The molecule has 0 heterocycles. The van der Waals surface area contributed by atoms with Crippen molar-refractivity contribution in [1.29, 1.82) is 0 Å². The summed E-state index contributed by atoms with van der Waals surface area (Å²) in [7, 11) is 0. The topological polar surface area (TPSA) is 63.6 Å². The normalized spacial score (nSPS) is 14.3. The van der Waals surface area contributed by atoms with Crippen LogP contribution in [0.2, 0.25) is 0 Å². The van der Waals surface area contributed by atoms with Gasteiger partial charge in [-0.3, -0.25) is 0 Å². The number of carbonyl (C=O) groups is 2. The molecule has 224 valence electrons. The first-order chi connectivity index (χ1) is 16.3. The summed E-state index contributed by atoms with van der Waals surface area (Å²) in [5.74, 6) is -61.3. The van der Waals surface area contributed by atoms with E-state index in [4.69, 9.17) is 5.11 Å². The van der Waals surface area contributed by atoms with Crippen molar-refractivity contribution >= 4 is 11.9 Å². The van der Waals surface area contributed by atoms with Crippen molar-refractivity contribution in [2.45, 2.75) is 54.1 Å². The molecule has 0 saturated carbocycles. The Hall–Kier alpha value is -2.84. The largest absolute Gasteiger partial charge is 0.476 e. The van der Waals surface area contributed by atoms with Gasteiger partial charge in [0, 0.05) is 6.08 Å². The Morgan fingerprint density at radius 3 is 1.21 bits per heavy atom. The number of carboxylic acid groups (broad SMARTS) is 1. The van der Waals surface area contributed by atoms with Crippen molar-refractivity contribution in [3.63, 3.8) is 0 Å². The highest BCUT2D eigenvalue weighted by Gasteiger charge is 2.95. The van der Waals surface area contributed by atoms with Gasteiger partial charge < -0.3 is 9.84 Å². The van der Waals surface area contributed by atoms with Gasteiger partial charge in [0.05, 0.1) is 13.0 Å². The van der Waals surface area contributed by atoms with Crippen LogP contribution in [0.4, 0.5) is 79.0 Å². The van der Waals surface area contributed by atoms with Crippen LogP contribution in [-0.4, -0.2) is 71.3 Å². The highest BCUT2D eigenvalue weighted by atomic mass is 19.4. The highest BCUT2D eigenvalue weighted by Crippen LogP contribution is 2.64. The average Bonchev–Trinajstić information content (AvgIpc) is 2.71. The quantitative estimate of drug-likeness (QED) is 0.162. The Balaban J connectivity index is 0. The van der Waals surface area contributed by atoms with E-state index in [1.54, 1.807) is 0 Å². The number of ether oxygens (including phenoxy) is 1. The summed E-state index contributed by atoms with van der Waals surface area (Å²) in [6.45, 7) is 3.15. The molecule has 22 heteroatoms. The number of carboxylic acids is 1. The van der Waals surface area contributed by atoms with E-state index in [0.717, 1.165) is 0 Å². The van der Waals surface area contributed by atoms with Crippen LogP contribution in [0, 0.1) is 0 Å². The molecular weight excluding hydrogens is 598 g/mol. The van der Waals surface area contributed by atoms with Crippen LogP contribution in [0.1, 0.15) is 6.42 Å². The van der Waals surface area contributed by atoms with Crippen LogP contribution in [0.5, 0.6) is 0 Å². The third-order valence-corrected chi connectivity index (χ3v) is 3.85. The fourth-order valence-electron chi connectivity index (χ4n) is 1.69. The second-order valence-electron chi connectivity index (χ2n) is 6.48. The van der Waals surface area contributed by atoms with Crippen molar-refractivity contribution in [3.05, 3.63) is 25.1 Å². The van der Waals surface area contributed by atoms with Crippen LogP contribution in [-0.2, 0) is 14.3 Å². The van der Waals surface area contributed by atoms with E-state index in [0.29, 0.717) is 0 Å². The molecule has 4 nitrogen and oxygen atoms in total. The SMILES string of the molecule is C=C(F)C(=O)O.C=CC(=O)OCCC(F)(F)C(F)(F)C(F)(F)C(F)(F)C(F)(F)C(F)(F)C(F)(F)C(F)(F)F. The number of esters is 1. The molecule has 38 heavy (non-hydrogen) atoms. The number of alkyl halides is 17. The first-order valence-corrected chi connectivity index (χ1v) is 8.43. The number of aliphatic carboxylic acids is 1. The molecule has 0 aromatic rings. The minimum absolute atomic E-state index is 0.197. The summed E-state index contributed by atoms with van der Waals surface area (Å²) in [6, 6.07) is 0. The molecular formula is C16H10F18O4. The van der Waals surface area contributed by atoms with E-state index in [9.17, 15) is 88.6 Å². The lowest BCUT2D eigenvalue weighted by Gasteiger charge is -2.42. The standard InChI is InChI=1S/C13H7F17O2.C3H3FO2/c1-2-5(31)32-4-3-6(14,15)7(16,17)8(18,19)9(20,21)10(22,23)11(24,25)12(26,27)13(28,29)30;1-2(4)3(5)6/h2H,1,3-4H2;1H2,(H,5,6). The summed E-state index contributed by atoms with van der Waals surface area (Å²) in [6.07, 6.45) is -10.4. The highest BCUT2D eigenvalue weighted by molar-refractivity contribution is 5.83. The van der Waals surface area contributed by atoms with Gasteiger partial charge in [0.1, 0.15) is 0 Å². The zero-order chi connectivity index (χ0) is 31.6. The van der Waals surface area contributed by atoms with Crippen LogP contribution in [0.15, 0.2) is 25.1 Å². The second kappa shape index (κ2) is 11.1. The summed E-state index contributed by atoms with van der Waals surface area (Å²) in [5, 5.41) is 7.52. The molecule has 0 aliphatic rings. The summed E-state index contributed by atoms with van der Waals surface area (Å²) < 4.78 is 235. The van der Waals surface area contributed by atoms with Gasteiger partial charge in [0.2, 0.25) is 5.83 Å². The first kappa shape index (κ1) is 37.3. The molecule has 0 radical (unpaired) electrons. The molecule has 0 unspecified atom stereocenters. The van der Waals surface area contributed by atoms with Gasteiger partial charge >= 0.3 is 59.6 Å². The van der Waals surface area contributed by atoms with E-state index < -0.39 is 78.4 Å². The molecule has 0 fully saturated rings. The van der Waals surface area contributed by atoms with Gasteiger partial charge in [0.25, 0.3) is 0 Å². The minimum atomic E-state index is -8.67. The molecule has 0 aromatic heterocycles. The van der Waals surface area contributed by atoms with Crippen molar-refractivity contribution in [1.82, 2.24) is 0 Å². The number of halogens is 18. The number of carbonyl (C=O) groups excluding carboxylic acids is 1. The van der Waals surface area contributed by atoms with Gasteiger partial charge in [-0.2, -0.15) is 79.0 Å². The molecule has 0 rings (SSSR count). The van der Waals surface area contributed by atoms with Gasteiger partial charge in [-0.05, 0) is 0 Å². The summed E-state index contributed by atoms with van der Waals surface area (Å²) >= 11 is 0. The Bertz CT molecular complexity index is 877. The third-order valence-electron chi connectivity index (χ3n) is 3.85. The zero-order valence-corrected chi connectivity index (χ0v) is 17.4. The van der Waals surface area contributed by atoms with Crippen molar-refractivity contribution in [2.75, 3.05) is 6.61 Å². The predicted molar refractivity (Wildman–Crippen MR) is 84.3 cm³/mol. The van der Waals surface area contributed by atoms with Gasteiger partial charge in [-0.15, -0.1) is 0 Å². The Morgan fingerprint density at radius 2 is 0.947 bits per heavy atom. The van der Waals surface area contributed by atoms with E-state index in [-0.39, 0.29) is 6.08 Å².